The van der Waals surface area contributed by atoms with Gasteiger partial charge in [-0.25, -0.2) is 14.2 Å². The summed E-state index contributed by atoms with van der Waals surface area (Å²) in [6, 6.07) is 5.25. The highest BCUT2D eigenvalue weighted by Gasteiger charge is 2.50. The molecule has 27 heavy (non-hydrogen) atoms. The normalized spacial score (nSPS) is 19.3. The number of nitrogens with zero attached hydrogens (tertiary/aromatic N) is 3. The molecule has 1 fully saturated rings. The zero-order valence-corrected chi connectivity index (χ0v) is 16.0. The molecule has 1 aromatic carbocycles. The largest absolute Gasteiger partial charge is 0.348 e. The van der Waals surface area contributed by atoms with Crippen molar-refractivity contribution in [3.63, 3.8) is 0 Å². The van der Waals surface area contributed by atoms with Gasteiger partial charge in [0.2, 0.25) is 5.91 Å². The number of aromatic nitrogens is 1. The molecule has 9 heteroatoms. The Morgan fingerprint density at radius 1 is 1.33 bits per heavy atom. The third kappa shape index (κ3) is 3.55. The second-order valence-electron chi connectivity index (χ2n) is 6.62. The van der Waals surface area contributed by atoms with Gasteiger partial charge in [0.25, 0.3) is 5.91 Å². The van der Waals surface area contributed by atoms with Gasteiger partial charge in [-0.3, -0.25) is 14.5 Å². The van der Waals surface area contributed by atoms with Crippen LogP contribution in [0.25, 0.3) is 0 Å². The summed E-state index contributed by atoms with van der Waals surface area (Å²) in [5.74, 6) is -1.19. The Balaban J connectivity index is 1.78. The second-order valence-corrected chi connectivity index (χ2v) is 7.57. The number of nitrogens with one attached hydrogen (secondary N) is 1. The van der Waals surface area contributed by atoms with Crippen LogP contribution in [0.3, 0.4) is 0 Å². The predicted octanol–water partition coefficient (Wildman–Crippen LogP) is 1.88. The smallest absolute Gasteiger partial charge is 0.325 e. The number of urea groups is 1. The Bertz CT molecular complexity index is 914. The lowest BCUT2D eigenvalue weighted by molar-refractivity contribution is -0.131. The van der Waals surface area contributed by atoms with E-state index in [9.17, 15) is 18.8 Å². The van der Waals surface area contributed by atoms with Crippen LogP contribution in [0.5, 0.6) is 0 Å². The summed E-state index contributed by atoms with van der Waals surface area (Å²) in [5.41, 5.74) is -0.855. The van der Waals surface area contributed by atoms with E-state index < -0.39 is 23.3 Å². The lowest BCUT2D eigenvalue weighted by Crippen LogP contribution is -2.41. The minimum absolute atomic E-state index is 0.0403. The van der Waals surface area contributed by atoms with Gasteiger partial charge in [-0.05, 0) is 13.0 Å². The monoisotopic (exact) mass is 390 g/mol. The zero-order chi connectivity index (χ0) is 19.8. The van der Waals surface area contributed by atoms with Crippen LogP contribution in [0.2, 0.25) is 0 Å². The molecule has 1 aliphatic heterocycles. The number of hydrogen-bond acceptors (Lipinski definition) is 5. The van der Waals surface area contributed by atoms with Crippen molar-refractivity contribution in [2.75, 3.05) is 14.1 Å². The maximum absolute atomic E-state index is 14.2. The molecule has 0 spiro atoms. The summed E-state index contributed by atoms with van der Waals surface area (Å²) in [7, 11) is 3.32. The third-order valence-corrected chi connectivity index (χ3v) is 5.31. The Morgan fingerprint density at radius 3 is 2.70 bits per heavy atom. The number of benzene rings is 1. The van der Waals surface area contributed by atoms with E-state index in [1.165, 1.54) is 41.4 Å². The Morgan fingerprint density at radius 2 is 2.04 bits per heavy atom. The number of hydrogen-bond donors (Lipinski definition) is 1. The quantitative estimate of drug-likeness (QED) is 0.791. The highest BCUT2D eigenvalue weighted by Crippen LogP contribution is 2.31. The first-order valence-electron chi connectivity index (χ1n) is 8.25. The SMILES string of the molecule is CN(C)C(=O)Cc1nc(CN2C(=O)NC(C)(c3ccccc3F)C2=O)cs1. The first-order chi connectivity index (χ1) is 12.7. The number of likely N-dealkylation sites (N-methyl/N-ethyl adjacent to an activating group) is 1. The van der Waals surface area contributed by atoms with Crippen LogP contribution in [0.15, 0.2) is 29.6 Å². The molecular formula is C18H19FN4O3S. The highest BCUT2D eigenvalue weighted by atomic mass is 32.1. The molecular weight excluding hydrogens is 371 g/mol. The highest BCUT2D eigenvalue weighted by molar-refractivity contribution is 7.09. The molecule has 4 amide bonds. The van der Waals surface area contributed by atoms with Crippen LogP contribution in [-0.2, 0) is 28.1 Å². The van der Waals surface area contributed by atoms with Gasteiger partial charge in [0.1, 0.15) is 16.4 Å². The van der Waals surface area contributed by atoms with E-state index in [1.54, 1.807) is 25.5 Å². The minimum Gasteiger partial charge on any atom is -0.348 e. The first kappa shape index (κ1) is 19.0. The number of imide groups is 1. The topological polar surface area (TPSA) is 82.6 Å². The number of halogens is 1. The molecule has 1 N–H and O–H groups in total. The van der Waals surface area contributed by atoms with Crippen LogP contribution < -0.4 is 5.32 Å². The number of thiazole rings is 1. The molecule has 1 saturated heterocycles. The maximum atomic E-state index is 14.2. The van der Waals surface area contributed by atoms with Gasteiger partial charge in [-0.15, -0.1) is 11.3 Å². The van der Waals surface area contributed by atoms with Gasteiger partial charge >= 0.3 is 6.03 Å². The van der Waals surface area contributed by atoms with E-state index in [-0.39, 0.29) is 24.4 Å². The van der Waals surface area contributed by atoms with Crippen LogP contribution in [0.4, 0.5) is 9.18 Å². The maximum Gasteiger partial charge on any atom is 0.325 e. The second kappa shape index (κ2) is 7.07. The summed E-state index contributed by atoms with van der Waals surface area (Å²) in [6.07, 6.45) is 0.157. The number of carbonyl (C=O) groups is 3. The van der Waals surface area contributed by atoms with E-state index in [0.717, 1.165) is 4.90 Å². The average molecular weight is 390 g/mol. The van der Waals surface area contributed by atoms with Crippen molar-refractivity contribution in [1.82, 2.24) is 20.1 Å². The van der Waals surface area contributed by atoms with Gasteiger partial charge in [0.05, 0.1) is 18.7 Å². The van der Waals surface area contributed by atoms with Crippen LogP contribution >= 0.6 is 11.3 Å². The summed E-state index contributed by atoms with van der Waals surface area (Å²) in [6.45, 7) is 1.44. The Labute approximate surface area is 159 Å². The molecule has 0 bridgehead atoms. The Hall–Kier alpha value is -2.81. The molecule has 1 unspecified atom stereocenters. The summed E-state index contributed by atoms with van der Waals surface area (Å²) in [5, 5.41) is 4.88. The fourth-order valence-electron chi connectivity index (χ4n) is 2.84. The summed E-state index contributed by atoms with van der Waals surface area (Å²) in [4.78, 5) is 43.8. The van der Waals surface area contributed by atoms with Crippen LogP contribution in [0, 0.1) is 5.82 Å². The van der Waals surface area contributed by atoms with Crippen molar-refractivity contribution in [3.05, 3.63) is 51.7 Å². The van der Waals surface area contributed by atoms with Gasteiger partial charge in [0.15, 0.2) is 0 Å². The molecule has 2 aromatic rings. The van der Waals surface area contributed by atoms with Gasteiger partial charge < -0.3 is 10.2 Å². The lowest BCUT2D eigenvalue weighted by atomic mass is 9.91. The van der Waals surface area contributed by atoms with Crippen LogP contribution in [0.1, 0.15) is 23.2 Å². The molecule has 3 rings (SSSR count). The third-order valence-electron chi connectivity index (χ3n) is 4.41. The van der Waals surface area contributed by atoms with Gasteiger partial charge in [-0.1, -0.05) is 18.2 Å². The van der Waals surface area contributed by atoms with Crippen molar-refractivity contribution in [2.45, 2.75) is 25.4 Å². The zero-order valence-electron chi connectivity index (χ0n) is 15.2. The Kier molecular flexibility index (Phi) is 4.97. The molecule has 1 aromatic heterocycles. The number of carbonyl (C=O) groups excluding carboxylic acids is 3. The first-order valence-corrected chi connectivity index (χ1v) is 9.13. The lowest BCUT2D eigenvalue weighted by Gasteiger charge is -2.22. The predicted molar refractivity (Wildman–Crippen MR) is 97.3 cm³/mol. The van der Waals surface area contributed by atoms with E-state index in [4.69, 9.17) is 0 Å². The molecule has 142 valence electrons. The van der Waals surface area contributed by atoms with Crippen molar-refractivity contribution >= 4 is 29.2 Å². The fourth-order valence-corrected chi connectivity index (χ4v) is 3.62. The fraction of sp³-hybridized carbons (Fsp3) is 0.333. The van der Waals surface area contributed by atoms with E-state index in [0.29, 0.717) is 10.7 Å². The van der Waals surface area contributed by atoms with Crippen molar-refractivity contribution in [1.29, 1.82) is 0 Å². The van der Waals surface area contributed by atoms with E-state index >= 15 is 0 Å². The van der Waals surface area contributed by atoms with Crippen molar-refractivity contribution in [2.24, 2.45) is 0 Å². The summed E-state index contributed by atoms with van der Waals surface area (Å²) >= 11 is 1.29. The molecule has 0 aliphatic carbocycles. The molecule has 1 atom stereocenters. The van der Waals surface area contributed by atoms with E-state index in [1.807, 2.05) is 0 Å². The number of rotatable bonds is 5. The average Bonchev–Trinajstić information content (AvgIpc) is 3.13. The van der Waals surface area contributed by atoms with Gasteiger partial charge in [0, 0.05) is 25.0 Å². The molecule has 0 saturated carbocycles. The number of amides is 4. The standard InChI is InChI=1S/C18H19FN4O3S/c1-18(12-6-4-5-7-13(12)19)16(25)23(17(26)21-18)9-11-10-27-14(20-11)8-15(24)22(2)3/h4-7,10H,8-9H2,1-3H3,(H,21,26). The molecule has 0 radical (unpaired) electrons. The summed E-state index contributed by atoms with van der Waals surface area (Å²) < 4.78 is 14.2. The van der Waals surface area contributed by atoms with Crippen LogP contribution in [-0.4, -0.2) is 46.7 Å². The van der Waals surface area contributed by atoms with Crippen molar-refractivity contribution in [3.8, 4) is 0 Å². The minimum atomic E-state index is -1.47. The van der Waals surface area contributed by atoms with Gasteiger partial charge in [-0.2, -0.15) is 0 Å². The van der Waals surface area contributed by atoms with Crippen molar-refractivity contribution < 1.29 is 18.8 Å². The van der Waals surface area contributed by atoms with E-state index in [2.05, 4.69) is 10.3 Å². The molecule has 7 nitrogen and oxygen atoms in total. The molecule has 1 aliphatic rings. The molecule has 2 heterocycles.